The van der Waals surface area contributed by atoms with E-state index in [0.29, 0.717) is 11.3 Å². The van der Waals surface area contributed by atoms with Gasteiger partial charge in [-0.3, -0.25) is 14.7 Å². The van der Waals surface area contributed by atoms with Crippen LogP contribution in [0.15, 0.2) is 48.5 Å². The molecule has 0 unspecified atom stereocenters. The Balaban J connectivity index is 1.59. The molecule has 0 saturated heterocycles. The molecule has 1 aliphatic rings. The van der Waals surface area contributed by atoms with Crippen molar-refractivity contribution in [3.63, 3.8) is 0 Å². The first-order chi connectivity index (χ1) is 11.2. The van der Waals surface area contributed by atoms with Gasteiger partial charge in [0.1, 0.15) is 18.4 Å². The van der Waals surface area contributed by atoms with E-state index in [9.17, 15) is 9.59 Å². The van der Waals surface area contributed by atoms with Crippen molar-refractivity contribution in [3.05, 3.63) is 59.8 Å². The Labute approximate surface area is 131 Å². The molecule has 1 atom stereocenters. The van der Waals surface area contributed by atoms with E-state index in [0.717, 1.165) is 10.9 Å². The van der Waals surface area contributed by atoms with Crippen LogP contribution in [0.2, 0.25) is 0 Å². The number of carbonyl (C=O) groups is 2. The van der Waals surface area contributed by atoms with Crippen LogP contribution in [-0.4, -0.2) is 34.5 Å². The van der Waals surface area contributed by atoms with Gasteiger partial charge < -0.3 is 10.1 Å². The van der Waals surface area contributed by atoms with Crippen LogP contribution in [0, 0.1) is 0 Å². The SMILES string of the molecule is O=C(N[C@H]1COc2ccccc2C1=O)c1n[nH]c2ccccc12. The molecule has 0 bridgehead atoms. The molecule has 0 spiro atoms. The molecular formula is C17H13N3O3. The number of H-pyrrole nitrogens is 1. The third-order valence-corrected chi connectivity index (χ3v) is 3.87. The van der Waals surface area contributed by atoms with Gasteiger partial charge >= 0.3 is 0 Å². The van der Waals surface area contributed by atoms with E-state index in [1.807, 2.05) is 24.3 Å². The van der Waals surface area contributed by atoms with Crippen molar-refractivity contribution < 1.29 is 14.3 Å². The summed E-state index contributed by atoms with van der Waals surface area (Å²) in [6.07, 6.45) is 0. The number of carbonyl (C=O) groups excluding carboxylic acids is 2. The number of nitrogens with one attached hydrogen (secondary N) is 2. The zero-order valence-electron chi connectivity index (χ0n) is 12.1. The Morgan fingerprint density at radius 3 is 2.87 bits per heavy atom. The zero-order valence-corrected chi connectivity index (χ0v) is 12.1. The fourth-order valence-electron chi connectivity index (χ4n) is 2.70. The number of fused-ring (bicyclic) bond motifs is 2. The molecule has 23 heavy (non-hydrogen) atoms. The lowest BCUT2D eigenvalue weighted by Gasteiger charge is -2.24. The summed E-state index contributed by atoms with van der Waals surface area (Å²) in [7, 11) is 0. The van der Waals surface area contributed by atoms with Crippen LogP contribution >= 0.6 is 0 Å². The smallest absolute Gasteiger partial charge is 0.273 e. The molecule has 0 aliphatic carbocycles. The molecular weight excluding hydrogens is 294 g/mol. The second-order valence-corrected chi connectivity index (χ2v) is 5.32. The number of hydrogen-bond acceptors (Lipinski definition) is 4. The van der Waals surface area contributed by atoms with E-state index < -0.39 is 11.9 Å². The normalized spacial score (nSPS) is 16.7. The quantitative estimate of drug-likeness (QED) is 0.758. The Morgan fingerprint density at radius 1 is 1.17 bits per heavy atom. The summed E-state index contributed by atoms with van der Waals surface area (Å²) in [6.45, 7) is 0.115. The van der Waals surface area contributed by atoms with Crippen molar-refractivity contribution in [2.75, 3.05) is 6.61 Å². The van der Waals surface area contributed by atoms with Gasteiger partial charge in [0.25, 0.3) is 5.91 Å². The molecule has 0 saturated carbocycles. The maximum Gasteiger partial charge on any atom is 0.273 e. The minimum absolute atomic E-state index is 0.115. The average Bonchev–Trinajstić information content (AvgIpc) is 3.02. The molecule has 0 radical (unpaired) electrons. The van der Waals surface area contributed by atoms with E-state index in [2.05, 4.69) is 15.5 Å². The highest BCUT2D eigenvalue weighted by Gasteiger charge is 2.30. The molecule has 2 aromatic carbocycles. The maximum absolute atomic E-state index is 12.5. The molecule has 0 fully saturated rings. The third-order valence-electron chi connectivity index (χ3n) is 3.87. The highest BCUT2D eigenvalue weighted by atomic mass is 16.5. The van der Waals surface area contributed by atoms with Crippen molar-refractivity contribution >= 4 is 22.6 Å². The average molecular weight is 307 g/mol. The van der Waals surface area contributed by atoms with Crippen LogP contribution in [0.5, 0.6) is 5.75 Å². The van der Waals surface area contributed by atoms with Gasteiger partial charge in [-0.2, -0.15) is 5.10 Å². The van der Waals surface area contributed by atoms with Gasteiger partial charge in [0, 0.05) is 5.39 Å². The Morgan fingerprint density at radius 2 is 1.96 bits per heavy atom. The predicted octanol–water partition coefficient (Wildman–Crippen LogP) is 1.94. The summed E-state index contributed by atoms with van der Waals surface area (Å²) >= 11 is 0. The van der Waals surface area contributed by atoms with Crippen LogP contribution in [0.1, 0.15) is 20.8 Å². The second-order valence-electron chi connectivity index (χ2n) is 5.32. The van der Waals surface area contributed by atoms with Crippen LogP contribution in [0.3, 0.4) is 0 Å². The van der Waals surface area contributed by atoms with Gasteiger partial charge in [0.15, 0.2) is 11.5 Å². The van der Waals surface area contributed by atoms with Crippen LogP contribution in [0.4, 0.5) is 0 Å². The fraction of sp³-hybridized carbons (Fsp3) is 0.118. The minimum atomic E-state index is -0.715. The topological polar surface area (TPSA) is 84.1 Å². The van der Waals surface area contributed by atoms with Crippen molar-refractivity contribution in [3.8, 4) is 5.75 Å². The number of hydrogen-bond donors (Lipinski definition) is 2. The number of benzene rings is 2. The summed E-state index contributed by atoms with van der Waals surface area (Å²) < 4.78 is 5.55. The van der Waals surface area contributed by atoms with Crippen LogP contribution in [0.25, 0.3) is 10.9 Å². The van der Waals surface area contributed by atoms with Crippen LogP contribution in [-0.2, 0) is 0 Å². The largest absolute Gasteiger partial charge is 0.490 e. The molecule has 6 heteroatoms. The maximum atomic E-state index is 12.5. The lowest BCUT2D eigenvalue weighted by molar-refractivity contribution is 0.0794. The van der Waals surface area contributed by atoms with Crippen molar-refractivity contribution in [2.45, 2.75) is 6.04 Å². The Hall–Kier alpha value is -3.15. The van der Waals surface area contributed by atoms with Crippen LogP contribution < -0.4 is 10.1 Å². The number of Topliss-reactive ketones (excluding diaryl/α,β-unsaturated/α-hetero) is 1. The molecule has 4 rings (SSSR count). The highest BCUT2D eigenvalue weighted by Crippen LogP contribution is 2.24. The minimum Gasteiger partial charge on any atom is -0.490 e. The number of rotatable bonds is 2. The lowest BCUT2D eigenvalue weighted by Crippen LogP contribution is -2.47. The van der Waals surface area contributed by atoms with Crippen molar-refractivity contribution in [1.29, 1.82) is 0 Å². The molecule has 2 heterocycles. The first-order valence-corrected chi connectivity index (χ1v) is 7.24. The standard InChI is InChI=1S/C17H13N3O3/c21-16-11-6-2-4-8-14(11)23-9-13(16)18-17(22)15-10-5-1-3-7-12(10)19-20-15/h1-8,13H,9H2,(H,18,22)(H,19,20)/t13-/m0/s1. The van der Waals surface area contributed by atoms with Crippen molar-refractivity contribution in [2.24, 2.45) is 0 Å². The van der Waals surface area contributed by atoms with E-state index >= 15 is 0 Å². The molecule has 114 valence electrons. The molecule has 1 aliphatic heterocycles. The summed E-state index contributed by atoms with van der Waals surface area (Å²) in [5, 5.41) is 10.3. The predicted molar refractivity (Wildman–Crippen MR) is 83.6 cm³/mol. The van der Waals surface area contributed by atoms with Gasteiger partial charge in [-0.1, -0.05) is 30.3 Å². The Kier molecular flexibility index (Phi) is 3.08. The number of nitrogens with zero attached hydrogens (tertiary/aromatic N) is 1. The van der Waals surface area contributed by atoms with Gasteiger partial charge in [-0.15, -0.1) is 0 Å². The number of aromatic amines is 1. The zero-order chi connectivity index (χ0) is 15.8. The van der Waals surface area contributed by atoms with E-state index in [4.69, 9.17) is 4.74 Å². The molecule has 2 N–H and O–H groups in total. The number of para-hydroxylation sites is 2. The van der Waals surface area contributed by atoms with Gasteiger partial charge in [-0.25, -0.2) is 0 Å². The lowest BCUT2D eigenvalue weighted by atomic mass is 10.0. The van der Waals surface area contributed by atoms with E-state index in [1.54, 1.807) is 24.3 Å². The molecule has 6 nitrogen and oxygen atoms in total. The summed E-state index contributed by atoms with van der Waals surface area (Å²) in [6, 6.07) is 13.6. The first kappa shape index (κ1) is 13.5. The monoisotopic (exact) mass is 307 g/mol. The number of ketones is 1. The van der Waals surface area contributed by atoms with Gasteiger partial charge in [0.05, 0.1) is 11.1 Å². The number of aromatic nitrogens is 2. The highest BCUT2D eigenvalue weighted by molar-refractivity contribution is 6.09. The number of amides is 1. The fourth-order valence-corrected chi connectivity index (χ4v) is 2.70. The molecule has 1 amide bonds. The first-order valence-electron chi connectivity index (χ1n) is 7.24. The summed E-state index contributed by atoms with van der Waals surface area (Å²) in [5.74, 6) is -0.00274. The molecule has 3 aromatic rings. The van der Waals surface area contributed by atoms with Gasteiger partial charge in [0.2, 0.25) is 0 Å². The molecule has 1 aromatic heterocycles. The number of ether oxygens (including phenoxy) is 1. The third kappa shape index (κ3) is 2.24. The Bertz CT molecular complexity index is 916. The van der Waals surface area contributed by atoms with Gasteiger partial charge in [-0.05, 0) is 18.2 Å². The second kappa shape index (κ2) is 5.24. The van der Waals surface area contributed by atoms with E-state index in [-0.39, 0.29) is 18.1 Å². The van der Waals surface area contributed by atoms with Crippen molar-refractivity contribution in [1.82, 2.24) is 15.5 Å². The summed E-state index contributed by atoms with van der Waals surface area (Å²) in [5.41, 5.74) is 1.53. The van der Waals surface area contributed by atoms with E-state index in [1.165, 1.54) is 0 Å². The summed E-state index contributed by atoms with van der Waals surface area (Å²) in [4.78, 5) is 24.9.